The molecule has 4 heterocycles. The Morgan fingerprint density at radius 1 is 0.485 bits per heavy atom. The average molecular weight is 905 g/mol. The number of rotatable bonds is 8. The van der Waals surface area contributed by atoms with E-state index in [0.717, 1.165) is 61.6 Å². The Kier molecular flexibility index (Phi) is 9.35. The molecule has 0 saturated carbocycles. The first kappa shape index (κ1) is 40.0. The van der Waals surface area contributed by atoms with Crippen molar-refractivity contribution in [3.05, 3.63) is 249 Å². The molecule has 12 aromatic rings. The summed E-state index contributed by atoms with van der Waals surface area (Å²) in [7, 11) is -4.19. The van der Waals surface area contributed by atoms with Gasteiger partial charge in [0.2, 0.25) is 0 Å². The topological polar surface area (TPSA) is 47.1 Å². The van der Waals surface area contributed by atoms with Crippen LogP contribution in [0.25, 0.3) is 44.4 Å². The number of imidazole rings is 1. The summed E-state index contributed by atoms with van der Waals surface area (Å²) in [5, 5.41) is 12.5. The molecule has 0 aliphatic carbocycles. The third-order valence-corrected chi connectivity index (χ3v) is 23.9. The molecule has 68 heavy (non-hydrogen) atoms. The Morgan fingerprint density at radius 2 is 1.09 bits per heavy atom. The van der Waals surface area contributed by atoms with Crippen LogP contribution in [0.5, 0.6) is 0 Å². The number of hydrogen-bond acceptors (Lipinski definition) is 4. The van der Waals surface area contributed by atoms with Crippen molar-refractivity contribution in [1.82, 2.24) is 14.5 Å². The van der Waals surface area contributed by atoms with Crippen molar-refractivity contribution >= 4 is 108 Å². The maximum Gasteiger partial charge on any atom is 0.184 e. The van der Waals surface area contributed by atoms with Crippen LogP contribution >= 0.6 is 0 Å². The van der Waals surface area contributed by atoms with Gasteiger partial charge in [0.1, 0.15) is 17.2 Å². The van der Waals surface area contributed by atoms with Gasteiger partial charge < -0.3 is 8.98 Å². The van der Waals surface area contributed by atoms with E-state index in [2.05, 4.69) is 253 Å². The second-order valence-electron chi connectivity index (χ2n) is 17.7. The van der Waals surface area contributed by atoms with Crippen molar-refractivity contribution in [2.75, 3.05) is 4.90 Å². The average Bonchev–Trinajstić information content (AvgIpc) is 3.97. The molecule has 3 aromatic heterocycles. The number of hydrogen-bond donors (Lipinski definition) is 0. The molecule has 0 amide bonds. The van der Waals surface area contributed by atoms with Gasteiger partial charge in [0.15, 0.2) is 21.7 Å². The number of aryl methyl sites for hydroxylation is 1. The van der Waals surface area contributed by atoms with Crippen LogP contribution in [0.3, 0.4) is 0 Å². The van der Waals surface area contributed by atoms with Crippen LogP contribution in [0.4, 0.5) is 17.2 Å². The largest absolute Gasteiger partial charge is 0.454 e. The van der Waals surface area contributed by atoms with Gasteiger partial charge in [-0.1, -0.05) is 206 Å². The van der Waals surface area contributed by atoms with E-state index in [-0.39, 0.29) is 0 Å². The molecule has 0 N–H and O–H groups in total. The molecular weight excluding hydrogens is 861 g/mol. The van der Waals surface area contributed by atoms with Crippen LogP contribution in [0, 0.1) is 0 Å². The lowest BCUT2D eigenvalue weighted by atomic mass is 10.1. The normalized spacial score (nSPS) is 13.2. The minimum absolute atomic E-state index is 0.833. The highest BCUT2D eigenvalue weighted by molar-refractivity contribution is 7.22. The van der Waals surface area contributed by atoms with Crippen LogP contribution < -0.4 is 46.4 Å². The zero-order chi connectivity index (χ0) is 45.2. The fourth-order valence-electron chi connectivity index (χ4n) is 11.4. The van der Waals surface area contributed by atoms with E-state index in [9.17, 15) is 0 Å². The third-order valence-electron chi connectivity index (χ3n) is 14.3. The van der Waals surface area contributed by atoms with E-state index in [1.807, 2.05) is 12.3 Å². The van der Waals surface area contributed by atoms with E-state index in [0.29, 0.717) is 0 Å². The van der Waals surface area contributed by atoms with E-state index in [1.54, 1.807) is 0 Å². The molecule has 0 atom stereocenters. The lowest BCUT2D eigenvalue weighted by Gasteiger charge is -2.45. The van der Waals surface area contributed by atoms with Gasteiger partial charge in [-0.15, -0.1) is 0 Å². The molecule has 1 aliphatic rings. The molecule has 322 valence electrons. The van der Waals surface area contributed by atoms with Gasteiger partial charge in [-0.3, -0.25) is 4.90 Å². The molecule has 0 radical (unpaired) electrons. The number of fused-ring (bicyclic) bond motifs is 7. The summed E-state index contributed by atoms with van der Waals surface area (Å²) in [4.78, 5) is 12.8. The second-order valence-corrected chi connectivity index (χ2v) is 25.3. The first-order chi connectivity index (χ1) is 33.7. The molecular formula is C61H44N4OSi2. The maximum absolute atomic E-state index is 7.13. The van der Waals surface area contributed by atoms with Crippen molar-refractivity contribution in [2.45, 2.75) is 0 Å². The molecule has 0 fully saturated rings. The molecule has 1 aliphatic heterocycles. The molecule has 0 spiro atoms. The number of aromatic nitrogens is 3. The van der Waals surface area contributed by atoms with Gasteiger partial charge in [0.05, 0.1) is 16.7 Å². The summed E-state index contributed by atoms with van der Waals surface area (Å²) in [6.07, 6.45) is 1.91. The summed E-state index contributed by atoms with van der Waals surface area (Å²) in [5.41, 5.74) is 7.04. The standard InChI is InChI=1S/C61H44N4OSi2/c1-64-53-33-16-15-32-52(53)63-61(64)43-21-20-30-48(41-43)67(44-22-6-2-7-23-44,45-24-8-3-9-25-45)49-36-38-56-54(42-49)65(58-35-18-19-40-62-58)59-57(39-37-51-50-31-14-17-34-55(50)66-60(51)59)68(56,46-26-10-4-11-27-46)47-28-12-5-13-29-47/h2-42H,1H3. The Hall–Kier alpha value is -8.37. The highest BCUT2D eigenvalue weighted by atomic mass is 28.3. The Morgan fingerprint density at radius 3 is 1.78 bits per heavy atom. The van der Waals surface area contributed by atoms with Crippen LogP contribution in [0.15, 0.2) is 253 Å². The van der Waals surface area contributed by atoms with Gasteiger partial charge in [0, 0.05) is 35.3 Å². The molecule has 13 rings (SSSR count). The first-order valence-electron chi connectivity index (χ1n) is 23.2. The lowest BCUT2D eigenvalue weighted by molar-refractivity contribution is 0.669. The Balaban J connectivity index is 1.18. The van der Waals surface area contributed by atoms with Gasteiger partial charge in [0.25, 0.3) is 0 Å². The first-order valence-corrected chi connectivity index (χ1v) is 27.2. The zero-order valence-corrected chi connectivity index (χ0v) is 39.4. The molecule has 0 unspecified atom stereocenters. The number of nitrogens with zero attached hydrogens (tertiary/aromatic N) is 4. The predicted octanol–water partition coefficient (Wildman–Crippen LogP) is 9.07. The van der Waals surface area contributed by atoms with Crippen LogP contribution in [0.1, 0.15) is 0 Å². The fraction of sp³-hybridized carbons (Fsp3) is 0.0164. The van der Waals surface area contributed by atoms with Crippen molar-refractivity contribution in [2.24, 2.45) is 7.05 Å². The van der Waals surface area contributed by atoms with E-state index >= 15 is 0 Å². The molecule has 9 aromatic carbocycles. The zero-order valence-electron chi connectivity index (χ0n) is 37.4. The minimum atomic E-state index is -3.18. The van der Waals surface area contributed by atoms with Crippen LogP contribution in [-0.2, 0) is 7.05 Å². The summed E-state index contributed by atoms with van der Waals surface area (Å²) in [6, 6.07) is 89.4. The summed E-state index contributed by atoms with van der Waals surface area (Å²) in [6.45, 7) is 0. The summed E-state index contributed by atoms with van der Waals surface area (Å²) >= 11 is 0. The van der Waals surface area contributed by atoms with Gasteiger partial charge >= 0.3 is 0 Å². The number of anilines is 3. The van der Waals surface area contributed by atoms with Crippen molar-refractivity contribution in [1.29, 1.82) is 0 Å². The van der Waals surface area contributed by atoms with Crippen LogP contribution in [0.2, 0.25) is 0 Å². The number of benzene rings is 9. The predicted molar refractivity (Wildman–Crippen MR) is 287 cm³/mol. The summed E-state index contributed by atoms with van der Waals surface area (Å²) < 4.78 is 9.35. The van der Waals surface area contributed by atoms with Crippen LogP contribution in [-0.4, -0.2) is 30.7 Å². The molecule has 7 heteroatoms. The Labute approximate surface area is 396 Å². The van der Waals surface area contributed by atoms with E-state index in [4.69, 9.17) is 14.4 Å². The second kappa shape index (κ2) is 15.9. The molecule has 5 nitrogen and oxygen atoms in total. The van der Waals surface area contributed by atoms with E-state index < -0.39 is 16.1 Å². The molecule has 0 bridgehead atoms. The van der Waals surface area contributed by atoms with E-state index in [1.165, 1.54) is 41.5 Å². The van der Waals surface area contributed by atoms with Crippen molar-refractivity contribution in [3.63, 3.8) is 0 Å². The lowest BCUT2D eigenvalue weighted by Crippen LogP contribution is -2.78. The maximum atomic E-state index is 7.13. The third kappa shape index (κ3) is 5.86. The quantitative estimate of drug-likeness (QED) is 0.113. The highest BCUT2D eigenvalue weighted by Crippen LogP contribution is 2.44. The minimum Gasteiger partial charge on any atom is -0.454 e. The number of para-hydroxylation sites is 3. The van der Waals surface area contributed by atoms with Crippen molar-refractivity contribution in [3.8, 4) is 11.4 Å². The number of pyridine rings is 1. The molecule has 0 saturated heterocycles. The van der Waals surface area contributed by atoms with Gasteiger partial charge in [-0.25, -0.2) is 9.97 Å². The summed E-state index contributed by atoms with van der Waals surface area (Å²) in [5.74, 6) is 1.77. The Bertz CT molecular complexity index is 3740. The fourth-order valence-corrected chi connectivity index (χ4v) is 21.2. The van der Waals surface area contributed by atoms with Gasteiger partial charge in [-0.05, 0) is 77.9 Å². The van der Waals surface area contributed by atoms with Crippen molar-refractivity contribution < 1.29 is 4.42 Å². The SMILES string of the molecule is Cn1c(-c2cccc([Si](c3ccccc3)(c3ccccc3)c3ccc4c(c3)N(c3ccccn3)c3c(ccc5c3oc3ccccc35)[Si]4(c3ccccc3)c3ccccc3)c2)nc2ccccc21. The number of furan rings is 1. The highest BCUT2D eigenvalue weighted by Gasteiger charge is 2.51. The monoisotopic (exact) mass is 904 g/mol. The smallest absolute Gasteiger partial charge is 0.184 e. The van der Waals surface area contributed by atoms with Gasteiger partial charge in [-0.2, -0.15) is 0 Å².